The van der Waals surface area contributed by atoms with Gasteiger partial charge in [-0.3, -0.25) is 9.13 Å². The average molecular weight is 817 g/mol. The summed E-state index contributed by atoms with van der Waals surface area (Å²) in [6.45, 7) is 0. The van der Waals surface area contributed by atoms with Crippen LogP contribution in [0.25, 0.3) is 122 Å². The monoisotopic (exact) mass is 816 g/mol. The zero-order valence-electron chi connectivity index (χ0n) is 34.5. The van der Waals surface area contributed by atoms with Crippen LogP contribution in [0.2, 0.25) is 0 Å². The van der Waals surface area contributed by atoms with E-state index in [9.17, 15) is 0 Å². The Bertz CT molecular complexity index is 3920. The Balaban J connectivity index is 1.10. The first-order valence-electron chi connectivity index (χ1n) is 21.8. The first kappa shape index (κ1) is 34.9. The molecule has 298 valence electrons. The van der Waals surface area contributed by atoms with Crippen molar-refractivity contribution in [3.8, 4) is 34.4 Å². The van der Waals surface area contributed by atoms with Crippen molar-refractivity contribution in [1.29, 1.82) is 0 Å². The molecular formula is C58H36N6. The molecular weight excluding hydrogens is 781 g/mol. The smallest absolute Gasteiger partial charge is 0.163 e. The van der Waals surface area contributed by atoms with Gasteiger partial charge in [0.25, 0.3) is 0 Å². The van der Waals surface area contributed by atoms with E-state index in [1.807, 2.05) is 6.07 Å². The number of nitrogens with zero attached hydrogens (tertiary/aromatic N) is 6. The predicted molar refractivity (Wildman–Crippen MR) is 265 cm³/mol. The van der Waals surface area contributed by atoms with Gasteiger partial charge in [0.1, 0.15) is 11.6 Å². The van der Waals surface area contributed by atoms with Crippen LogP contribution in [0.1, 0.15) is 0 Å². The highest BCUT2D eigenvalue weighted by atomic mass is 15.1. The molecule has 0 fully saturated rings. The second kappa shape index (κ2) is 13.4. The number of para-hydroxylation sites is 6. The van der Waals surface area contributed by atoms with Crippen LogP contribution >= 0.6 is 0 Å². The molecule has 0 saturated carbocycles. The maximum atomic E-state index is 5.48. The number of benzene rings is 9. The number of fused-ring (bicyclic) bond motifs is 12. The van der Waals surface area contributed by atoms with E-state index < -0.39 is 0 Å². The molecule has 5 aromatic heterocycles. The van der Waals surface area contributed by atoms with Crippen LogP contribution in [0.15, 0.2) is 218 Å². The molecule has 9 aromatic carbocycles. The van der Waals surface area contributed by atoms with E-state index >= 15 is 0 Å². The normalized spacial score (nSPS) is 12.1. The van der Waals surface area contributed by atoms with Crippen LogP contribution < -0.4 is 0 Å². The molecule has 0 bridgehead atoms. The van der Waals surface area contributed by atoms with Gasteiger partial charge >= 0.3 is 0 Å². The van der Waals surface area contributed by atoms with Crippen LogP contribution in [-0.4, -0.2) is 28.2 Å². The summed E-state index contributed by atoms with van der Waals surface area (Å²) in [5, 5.41) is 9.57. The summed E-state index contributed by atoms with van der Waals surface area (Å²) in [6.07, 6.45) is 0. The number of rotatable bonds is 5. The van der Waals surface area contributed by atoms with Gasteiger partial charge in [-0.15, -0.1) is 0 Å². The molecule has 0 spiro atoms. The quantitative estimate of drug-likeness (QED) is 0.174. The van der Waals surface area contributed by atoms with Crippen molar-refractivity contribution in [3.05, 3.63) is 218 Å². The van der Waals surface area contributed by atoms with Crippen molar-refractivity contribution < 1.29 is 0 Å². The minimum atomic E-state index is 0.656. The zero-order valence-corrected chi connectivity index (χ0v) is 34.5. The lowest BCUT2D eigenvalue weighted by Gasteiger charge is -2.14. The summed E-state index contributed by atoms with van der Waals surface area (Å²) in [5.74, 6) is 2.24. The molecule has 6 heteroatoms. The molecule has 0 unspecified atom stereocenters. The Labute approximate surface area is 366 Å². The highest BCUT2D eigenvalue weighted by molar-refractivity contribution is 6.20. The van der Waals surface area contributed by atoms with E-state index in [0.717, 1.165) is 61.7 Å². The molecule has 0 N–H and O–H groups in total. The number of hydrogen-bond acceptors (Lipinski definition) is 2. The second-order valence-electron chi connectivity index (χ2n) is 16.6. The molecule has 14 aromatic rings. The lowest BCUT2D eigenvalue weighted by Crippen LogP contribution is -2.06. The van der Waals surface area contributed by atoms with Crippen LogP contribution in [0, 0.1) is 0 Å². The molecule has 14 rings (SSSR count). The third-order valence-corrected chi connectivity index (χ3v) is 13.2. The highest BCUT2D eigenvalue weighted by Gasteiger charge is 2.23. The minimum absolute atomic E-state index is 0.656. The highest BCUT2D eigenvalue weighted by Crippen LogP contribution is 2.42. The Morgan fingerprint density at radius 2 is 0.547 bits per heavy atom. The SMILES string of the molecule is c1ccc(-c2nc(-n3c4ccccc4c4cc5c6ccccc6n(-c6ccccc6)c5cc43)cc(-n3c4ccccc4c4cc5c6ccccc6n(-c6ccccc6)c5cc43)n2)cc1. The largest absolute Gasteiger partial charge is 0.309 e. The van der Waals surface area contributed by atoms with E-state index in [0.29, 0.717) is 5.82 Å². The Morgan fingerprint density at radius 1 is 0.234 bits per heavy atom. The van der Waals surface area contributed by atoms with Crippen molar-refractivity contribution in [2.24, 2.45) is 0 Å². The van der Waals surface area contributed by atoms with E-state index in [-0.39, 0.29) is 0 Å². The van der Waals surface area contributed by atoms with Crippen molar-refractivity contribution in [1.82, 2.24) is 28.2 Å². The fourth-order valence-electron chi connectivity index (χ4n) is 10.4. The third-order valence-electron chi connectivity index (χ3n) is 13.2. The standard InChI is InChI=1S/C58H36N6/c1-4-18-37(19-5-1)58-59-56(63-50-30-16-12-26-42(50)46-32-44-40-24-10-14-28-48(40)61(52(44)34-54(46)63)38-20-6-2-7-21-38)36-57(60-58)64-51-31-17-13-27-43(51)47-33-45-41-25-11-15-29-49(41)62(53(45)35-55(47)64)39-22-8-3-9-23-39/h1-36H. The van der Waals surface area contributed by atoms with Gasteiger partial charge in [0.2, 0.25) is 0 Å². The maximum Gasteiger partial charge on any atom is 0.163 e. The third kappa shape index (κ3) is 4.96. The van der Waals surface area contributed by atoms with E-state index in [4.69, 9.17) is 9.97 Å². The van der Waals surface area contributed by atoms with Gasteiger partial charge in [-0.05, 0) is 72.8 Å². The van der Waals surface area contributed by atoms with Crippen molar-refractivity contribution in [2.75, 3.05) is 0 Å². The zero-order chi connectivity index (χ0) is 41.9. The lowest BCUT2D eigenvalue weighted by molar-refractivity contribution is 0.994. The number of hydrogen-bond donors (Lipinski definition) is 0. The average Bonchev–Trinajstić information content (AvgIpc) is 4.07. The first-order chi connectivity index (χ1) is 31.8. The Kier molecular flexibility index (Phi) is 7.30. The van der Waals surface area contributed by atoms with Crippen molar-refractivity contribution >= 4 is 87.2 Å². The van der Waals surface area contributed by atoms with E-state index in [2.05, 4.69) is 231 Å². The van der Waals surface area contributed by atoms with Crippen molar-refractivity contribution in [2.45, 2.75) is 0 Å². The predicted octanol–water partition coefficient (Wildman–Crippen LogP) is 14.5. The molecule has 0 atom stereocenters. The molecule has 0 aliphatic rings. The Hall–Kier alpha value is -8.74. The second-order valence-corrected chi connectivity index (χ2v) is 16.6. The van der Waals surface area contributed by atoms with Gasteiger partial charge in [0.05, 0.1) is 44.1 Å². The molecule has 0 aliphatic heterocycles. The summed E-state index contributed by atoms with van der Waals surface area (Å²) in [7, 11) is 0. The van der Waals surface area contributed by atoms with Gasteiger partial charge in [-0.1, -0.05) is 140 Å². The summed E-state index contributed by atoms with van der Waals surface area (Å²) in [6, 6.07) is 78.3. The van der Waals surface area contributed by atoms with Gasteiger partial charge in [0, 0.05) is 66.1 Å². The fourth-order valence-corrected chi connectivity index (χ4v) is 10.4. The van der Waals surface area contributed by atoms with Crippen LogP contribution in [-0.2, 0) is 0 Å². The topological polar surface area (TPSA) is 45.5 Å². The van der Waals surface area contributed by atoms with Crippen LogP contribution in [0.3, 0.4) is 0 Å². The molecule has 0 saturated heterocycles. The Morgan fingerprint density at radius 3 is 0.938 bits per heavy atom. The summed E-state index contributed by atoms with van der Waals surface area (Å²) < 4.78 is 9.46. The molecule has 5 heterocycles. The molecule has 6 nitrogen and oxygen atoms in total. The van der Waals surface area contributed by atoms with E-state index in [1.54, 1.807) is 0 Å². The lowest BCUT2D eigenvalue weighted by atomic mass is 10.1. The van der Waals surface area contributed by atoms with Gasteiger partial charge in [0.15, 0.2) is 5.82 Å². The summed E-state index contributed by atoms with van der Waals surface area (Å²) in [4.78, 5) is 11.0. The number of aromatic nitrogens is 6. The molecule has 0 amide bonds. The van der Waals surface area contributed by atoms with Crippen LogP contribution in [0.4, 0.5) is 0 Å². The maximum absolute atomic E-state index is 5.48. The molecule has 0 aliphatic carbocycles. The van der Waals surface area contributed by atoms with Gasteiger partial charge < -0.3 is 9.13 Å². The van der Waals surface area contributed by atoms with Gasteiger partial charge in [-0.2, -0.15) is 0 Å². The fraction of sp³-hybridized carbons (Fsp3) is 0. The first-order valence-corrected chi connectivity index (χ1v) is 21.8. The van der Waals surface area contributed by atoms with Crippen LogP contribution in [0.5, 0.6) is 0 Å². The minimum Gasteiger partial charge on any atom is -0.309 e. The molecule has 64 heavy (non-hydrogen) atoms. The molecule has 0 radical (unpaired) electrons. The van der Waals surface area contributed by atoms with E-state index in [1.165, 1.54) is 54.1 Å². The summed E-state index contributed by atoms with van der Waals surface area (Å²) in [5.41, 5.74) is 12.2. The van der Waals surface area contributed by atoms with Crippen molar-refractivity contribution in [3.63, 3.8) is 0 Å². The van der Waals surface area contributed by atoms with Gasteiger partial charge in [-0.25, -0.2) is 9.97 Å². The summed E-state index contributed by atoms with van der Waals surface area (Å²) >= 11 is 0.